The highest BCUT2D eigenvalue weighted by Gasteiger charge is 2.08. The molecule has 18 heavy (non-hydrogen) atoms. The Labute approximate surface area is 120 Å². The van der Waals surface area contributed by atoms with E-state index in [2.05, 4.69) is 10.3 Å². The van der Waals surface area contributed by atoms with Crippen molar-refractivity contribution < 1.29 is 0 Å². The van der Waals surface area contributed by atoms with Gasteiger partial charge in [0.2, 0.25) is 0 Å². The lowest BCUT2D eigenvalue weighted by Gasteiger charge is -2.11. The van der Waals surface area contributed by atoms with Crippen LogP contribution < -0.4 is 11.1 Å². The van der Waals surface area contributed by atoms with Gasteiger partial charge in [-0.1, -0.05) is 40.9 Å². The second-order valence-electron chi connectivity index (χ2n) is 3.77. The van der Waals surface area contributed by atoms with Gasteiger partial charge in [0.1, 0.15) is 5.82 Å². The summed E-state index contributed by atoms with van der Waals surface area (Å²) in [5.41, 5.74) is 7.48. The topological polar surface area (TPSA) is 50.9 Å². The largest absolute Gasteiger partial charge is 0.382 e. The summed E-state index contributed by atoms with van der Waals surface area (Å²) in [6, 6.07) is 7.05. The van der Waals surface area contributed by atoms with E-state index in [1.165, 1.54) is 0 Å². The zero-order valence-electron chi connectivity index (χ0n) is 9.47. The maximum Gasteiger partial charge on any atom is 0.151 e. The van der Waals surface area contributed by atoms with Crippen LogP contribution in [-0.2, 0) is 0 Å². The van der Waals surface area contributed by atoms with Gasteiger partial charge >= 0.3 is 0 Å². The number of benzene rings is 1. The molecule has 2 rings (SSSR count). The highest BCUT2D eigenvalue weighted by molar-refractivity contribution is 6.37. The lowest BCUT2D eigenvalue weighted by Crippen LogP contribution is -2.00. The summed E-state index contributed by atoms with van der Waals surface area (Å²) in [6.07, 6.45) is 0. The molecule has 0 aliphatic rings. The van der Waals surface area contributed by atoms with Crippen LogP contribution in [0.3, 0.4) is 0 Å². The molecule has 94 valence electrons. The Morgan fingerprint density at radius 3 is 2.56 bits per heavy atom. The highest BCUT2D eigenvalue weighted by Crippen LogP contribution is 2.31. The Morgan fingerprint density at radius 2 is 1.83 bits per heavy atom. The number of hydrogen-bond acceptors (Lipinski definition) is 3. The maximum atomic E-state index is 6.05. The molecular formula is C12H10Cl3N3. The van der Waals surface area contributed by atoms with E-state index in [9.17, 15) is 0 Å². The van der Waals surface area contributed by atoms with E-state index < -0.39 is 0 Å². The molecule has 3 N–H and O–H groups in total. The summed E-state index contributed by atoms with van der Waals surface area (Å²) in [5, 5.41) is 4.43. The fourth-order valence-electron chi connectivity index (χ4n) is 1.42. The number of anilines is 3. The van der Waals surface area contributed by atoms with Gasteiger partial charge in [0.15, 0.2) is 5.82 Å². The first-order chi connectivity index (χ1) is 8.47. The molecule has 0 bridgehead atoms. The third-order valence-corrected chi connectivity index (χ3v) is 3.24. The van der Waals surface area contributed by atoms with E-state index >= 15 is 0 Å². The summed E-state index contributed by atoms with van der Waals surface area (Å²) in [4.78, 5) is 4.10. The molecule has 0 radical (unpaired) electrons. The SMILES string of the molecule is Cc1ccc(Cl)cc1Nc1nc(N)c(Cl)cc1Cl. The van der Waals surface area contributed by atoms with Crippen molar-refractivity contribution in [3.63, 3.8) is 0 Å². The van der Waals surface area contributed by atoms with Crippen molar-refractivity contribution in [3.05, 3.63) is 44.9 Å². The minimum absolute atomic E-state index is 0.225. The van der Waals surface area contributed by atoms with Gasteiger partial charge in [0.05, 0.1) is 10.0 Å². The molecule has 3 nitrogen and oxygen atoms in total. The monoisotopic (exact) mass is 301 g/mol. The van der Waals surface area contributed by atoms with Crippen LogP contribution in [0.25, 0.3) is 0 Å². The van der Waals surface area contributed by atoms with Crippen molar-refractivity contribution >= 4 is 52.1 Å². The van der Waals surface area contributed by atoms with Gasteiger partial charge in [-0.2, -0.15) is 0 Å². The first-order valence-electron chi connectivity index (χ1n) is 5.12. The maximum absolute atomic E-state index is 6.05. The van der Waals surface area contributed by atoms with Crippen LogP contribution in [0, 0.1) is 6.92 Å². The van der Waals surface area contributed by atoms with E-state index in [4.69, 9.17) is 40.5 Å². The predicted octanol–water partition coefficient (Wildman–Crippen LogP) is 4.68. The minimum atomic E-state index is 0.225. The van der Waals surface area contributed by atoms with E-state index in [0.717, 1.165) is 11.3 Å². The van der Waals surface area contributed by atoms with Crippen LogP contribution in [-0.4, -0.2) is 4.98 Å². The number of aromatic nitrogens is 1. The van der Waals surface area contributed by atoms with Gasteiger partial charge in [-0.05, 0) is 30.7 Å². The lowest BCUT2D eigenvalue weighted by atomic mass is 10.2. The zero-order chi connectivity index (χ0) is 13.3. The van der Waals surface area contributed by atoms with Crippen molar-refractivity contribution in [2.75, 3.05) is 11.1 Å². The van der Waals surface area contributed by atoms with Gasteiger partial charge in [0, 0.05) is 10.7 Å². The zero-order valence-corrected chi connectivity index (χ0v) is 11.7. The molecule has 0 amide bonds. The third-order valence-electron chi connectivity index (χ3n) is 2.41. The molecule has 0 fully saturated rings. The molecule has 0 aliphatic heterocycles. The standard InChI is InChI=1S/C12H10Cl3N3/c1-6-2-3-7(13)4-10(6)17-12-9(15)5-8(14)11(16)18-12/h2-5H,1H3,(H3,16,17,18). The first kappa shape index (κ1) is 13.3. The number of halogens is 3. The fraction of sp³-hybridized carbons (Fsp3) is 0.0833. The molecule has 1 heterocycles. The molecule has 0 unspecified atom stereocenters. The van der Waals surface area contributed by atoms with Gasteiger partial charge < -0.3 is 11.1 Å². The van der Waals surface area contributed by atoms with Crippen molar-refractivity contribution in [2.24, 2.45) is 0 Å². The number of nitrogens with two attached hydrogens (primary N) is 1. The van der Waals surface area contributed by atoms with Crippen LogP contribution in [0.1, 0.15) is 5.56 Å². The van der Waals surface area contributed by atoms with Crippen LogP contribution >= 0.6 is 34.8 Å². The minimum Gasteiger partial charge on any atom is -0.382 e. The number of aryl methyl sites for hydroxylation is 1. The van der Waals surface area contributed by atoms with Gasteiger partial charge in [-0.3, -0.25) is 0 Å². The average molecular weight is 303 g/mol. The molecule has 0 saturated heterocycles. The number of pyridine rings is 1. The van der Waals surface area contributed by atoms with Gasteiger partial charge in [-0.15, -0.1) is 0 Å². The Balaban J connectivity index is 2.40. The number of nitrogens with one attached hydrogen (secondary N) is 1. The normalized spacial score (nSPS) is 10.4. The molecule has 0 spiro atoms. The Bertz CT molecular complexity index is 599. The van der Waals surface area contributed by atoms with Gasteiger partial charge in [0.25, 0.3) is 0 Å². The smallest absolute Gasteiger partial charge is 0.151 e. The molecule has 0 atom stereocenters. The third kappa shape index (κ3) is 2.80. The highest BCUT2D eigenvalue weighted by atomic mass is 35.5. The second kappa shape index (κ2) is 5.22. The fourth-order valence-corrected chi connectivity index (χ4v) is 2.00. The van der Waals surface area contributed by atoms with Crippen LogP contribution in [0.2, 0.25) is 15.1 Å². The average Bonchev–Trinajstić information content (AvgIpc) is 2.30. The summed E-state index contributed by atoms with van der Waals surface area (Å²) in [6.45, 7) is 1.95. The molecule has 2 aromatic rings. The number of nitrogen functional groups attached to an aromatic ring is 1. The predicted molar refractivity (Wildman–Crippen MR) is 78.1 cm³/mol. The Morgan fingerprint density at radius 1 is 1.11 bits per heavy atom. The van der Waals surface area contributed by atoms with Crippen LogP contribution in [0.5, 0.6) is 0 Å². The van der Waals surface area contributed by atoms with Crippen molar-refractivity contribution in [2.45, 2.75) is 6.92 Å². The summed E-state index contributed by atoms with van der Waals surface area (Å²) < 4.78 is 0. The van der Waals surface area contributed by atoms with E-state index in [-0.39, 0.29) is 5.82 Å². The lowest BCUT2D eigenvalue weighted by molar-refractivity contribution is 1.30. The first-order valence-corrected chi connectivity index (χ1v) is 6.25. The number of hydrogen-bond donors (Lipinski definition) is 2. The Hall–Kier alpha value is -1.16. The second-order valence-corrected chi connectivity index (χ2v) is 5.02. The van der Waals surface area contributed by atoms with Crippen molar-refractivity contribution in [1.82, 2.24) is 4.98 Å². The molecule has 0 saturated carbocycles. The summed E-state index contributed by atoms with van der Waals surface area (Å²) in [5.74, 6) is 0.673. The molecule has 0 aliphatic carbocycles. The number of nitrogens with zero attached hydrogens (tertiary/aromatic N) is 1. The summed E-state index contributed by atoms with van der Waals surface area (Å²) >= 11 is 17.8. The van der Waals surface area contributed by atoms with Crippen LogP contribution in [0.15, 0.2) is 24.3 Å². The molecule has 6 heteroatoms. The van der Waals surface area contributed by atoms with Gasteiger partial charge in [-0.25, -0.2) is 4.98 Å². The Kier molecular flexibility index (Phi) is 3.85. The molecular weight excluding hydrogens is 293 g/mol. The molecule has 1 aromatic heterocycles. The van der Waals surface area contributed by atoms with Crippen LogP contribution in [0.4, 0.5) is 17.3 Å². The summed E-state index contributed by atoms with van der Waals surface area (Å²) in [7, 11) is 0. The van der Waals surface area contributed by atoms with Crippen molar-refractivity contribution in [3.8, 4) is 0 Å². The van der Waals surface area contributed by atoms with E-state index in [1.807, 2.05) is 19.1 Å². The number of rotatable bonds is 2. The van der Waals surface area contributed by atoms with E-state index in [0.29, 0.717) is 20.9 Å². The van der Waals surface area contributed by atoms with Crippen molar-refractivity contribution in [1.29, 1.82) is 0 Å². The quantitative estimate of drug-likeness (QED) is 0.847. The molecule has 1 aromatic carbocycles. The van der Waals surface area contributed by atoms with E-state index in [1.54, 1.807) is 12.1 Å².